The normalized spacial score (nSPS) is 12.0. The highest BCUT2D eigenvalue weighted by Crippen LogP contribution is 2.34. The van der Waals surface area contributed by atoms with Crippen molar-refractivity contribution in [3.05, 3.63) is 38.9 Å². The van der Waals surface area contributed by atoms with Crippen LogP contribution in [0.5, 0.6) is 0 Å². The van der Waals surface area contributed by atoms with Gasteiger partial charge in [0, 0.05) is 4.47 Å². The number of H-pyrrole nitrogens is 1. The second kappa shape index (κ2) is 3.58. The maximum atomic E-state index is 12.7. The summed E-state index contributed by atoms with van der Waals surface area (Å²) in [4.78, 5) is 17.2. The largest absolute Gasteiger partial charge is 0.417 e. The molecule has 0 amide bonds. The molecule has 0 spiro atoms. The predicted molar refractivity (Wildman–Crippen MR) is 55.1 cm³/mol. The van der Waals surface area contributed by atoms with E-state index in [-0.39, 0.29) is 9.99 Å². The maximum Gasteiger partial charge on any atom is 0.417 e. The van der Waals surface area contributed by atoms with E-state index in [1.807, 2.05) is 0 Å². The van der Waals surface area contributed by atoms with Crippen molar-refractivity contribution in [1.29, 1.82) is 0 Å². The first-order chi connectivity index (χ1) is 7.39. The van der Waals surface area contributed by atoms with Crippen LogP contribution in [-0.2, 0) is 6.18 Å². The quantitative estimate of drug-likeness (QED) is 0.811. The zero-order valence-corrected chi connectivity index (χ0v) is 9.19. The summed E-state index contributed by atoms with van der Waals surface area (Å²) < 4.78 is 38.3. The highest BCUT2D eigenvalue weighted by atomic mass is 79.9. The molecule has 2 aromatic rings. The van der Waals surface area contributed by atoms with Gasteiger partial charge < -0.3 is 4.98 Å². The van der Waals surface area contributed by atoms with Gasteiger partial charge in [0.25, 0.3) is 5.56 Å². The number of aromatic nitrogens is 2. The van der Waals surface area contributed by atoms with E-state index in [2.05, 4.69) is 25.9 Å². The van der Waals surface area contributed by atoms with Crippen LogP contribution in [0.2, 0.25) is 0 Å². The smallest absolute Gasteiger partial charge is 0.313 e. The second-order valence-corrected chi connectivity index (χ2v) is 3.99. The minimum Gasteiger partial charge on any atom is -0.313 e. The number of hydrogen-bond donors (Lipinski definition) is 1. The average Bonchev–Trinajstić information content (AvgIpc) is 2.15. The van der Waals surface area contributed by atoms with Gasteiger partial charge in [-0.3, -0.25) is 4.79 Å². The molecule has 0 aliphatic rings. The number of halogens is 4. The summed E-state index contributed by atoms with van der Waals surface area (Å²) in [6.45, 7) is 0. The number of hydrogen-bond acceptors (Lipinski definition) is 2. The number of nitrogens with one attached hydrogen (secondary N) is 1. The fraction of sp³-hybridized carbons (Fsp3) is 0.111. The van der Waals surface area contributed by atoms with Crippen molar-refractivity contribution in [3.8, 4) is 0 Å². The van der Waals surface area contributed by atoms with Crippen LogP contribution in [0.3, 0.4) is 0 Å². The number of rotatable bonds is 0. The zero-order chi connectivity index (χ0) is 11.9. The molecule has 16 heavy (non-hydrogen) atoms. The average molecular weight is 293 g/mol. The molecule has 1 heterocycles. The summed E-state index contributed by atoms with van der Waals surface area (Å²) in [7, 11) is 0. The standard InChI is InChI=1S/C9H4BrF3N2O/c10-4-1-5(9(11,12)13)7-6(2-4)14-3-15-8(7)16/h1-3H,(H,14,15,16). The van der Waals surface area contributed by atoms with Gasteiger partial charge >= 0.3 is 6.18 Å². The highest BCUT2D eigenvalue weighted by molar-refractivity contribution is 9.10. The van der Waals surface area contributed by atoms with Crippen molar-refractivity contribution >= 4 is 26.8 Å². The van der Waals surface area contributed by atoms with Gasteiger partial charge in [-0.25, -0.2) is 4.98 Å². The summed E-state index contributed by atoms with van der Waals surface area (Å²) in [5, 5.41) is -0.446. The summed E-state index contributed by atoms with van der Waals surface area (Å²) in [6, 6.07) is 2.22. The lowest BCUT2D eigenvalue weighted by molar-refractivity contribution is -0.136. The molecule has 7 heteroatoms. The number of nitrogens with zero attached hydrogens (tertiary/aromatic N) is 1. The van der Waals surface area contributed by atoms with E-state index in [9.17, 15) is 18.0 Å². The molecule has 0 saturated heterocycles. The number of alkyl halides is 3. The SMILES string of the molecule is O=c1[nH]cnc2cc(Br)cc(C(F)(F)F)c12. The van der Waals surface area contributed by atoms with Crippen LogP contribution in [0.1, 0.15) is 5.56 Å². The first-order valence-corrected chi connectivity index (χ1v) is 4.93. The monoisotopic (exact) mass is 292 g/mol. The summed E-state index contributed by atoms with van der Waals surface area (Å²) >= 11 is 2.95. The first-order valence-electron chi connectivity index (χ1n) is 4.14. The van der Waals surface area contributed by atoms with Crippen LogP contribution < -0.4 is 5.56 Å². The van der Waals surface area contributed by atoms with E-state index >= 15 is 0 Å². The third-order valence-electron chi connectivity index (χ3n) is 2.01. The topological polar surface area (TPSA) is 45.8 Å². The molecule has 3 nitrogen and oxygen atoms in total. The highest BCUT2D eigenvalue weighted by Gasteiger charge is 2.34. The van der Waals surface area contributed by atoms with Crippen LogP contribution in [-0.4, -0.2) is 9.97 Å². The number of fused-ring (bicyclic) bond motifs is 1. The molecular formula is C9H4BrF3N2O. The molecule has 0 bridgehead atoms. The number of benzene rings is 1. The Morgan fingerprint density at radius 3 is 2.62 bits per heavy atom. The van der Waals surface area contributed by atoms with Crippen molar-refractivity contribution in [3.63, 3.8) is 0 Å². The Hall–Kier alpha value is -1.37. The Morgan fingerprint density at radius 1 is 1.31 bits per heavy atom. The van der Waals surface area contributed by atoms with E-state index in [4.69, 9.17) is 0 Å². The van der Waals surface area contributed by atoms with E-state index in [1.165, 1.54) is 6.07 Å². The van der Waals surface area contributed by atoms with Crippen molar-refractivity contribution in [1.82, 2.24) is 9.97 Å². The second-order valence-electron chi connectivity index (χ2n) is 3.08. The van der Waals surface area contributed by atoms with Crippen molar-refractivity contribution in [2.75, 3.05) is 0 Å². The van der Waals surface area contributed by atoms with Gasteiger partial charge in [-0.15, -0.1) is 0 Å². The van der Waals surface area contributed by atoms with Gasteiger partial charge in [-0.2, -0.15) is 13.2 Å². The van der Waals surface area contributed by atoms with Crippen LogP contribution >= 0.6 is 15.9 Å². The molecule has 2 rings (SSSR count). The summed E-state index contributed by atoms with van der Waals surface area (Å²) in [5.41, 5.74) is -1.79. The lowest BCUT2D eigenvalue weighted by atomic mass is 10.1. The van der Waals surface area contributed by atoms with Gasteiger partial charge in [0.15, 0.2) is 0 Å². The van der Waals surface area contributed by atoms with Crippen LogP contribution in [0.4, 0.5) is 13.2 Å². The molecule has 0 aliphatic heterocycles. The van der Waals surface area contributed by atoms with Crippen molar-refractivity contribution in [2.45, 2.75) is 6.18 Å². The van der Waals surface area contributed by atoms with E-state index in [0.29, 0.717) is 0 Å². The van der Waals surface area contributed by atoms with Crippen LogP contribution in [0.25, 0.3) is 10.9 Å². The third kappa shape index (κ3) is 1.82. The first kappa shape index (κ1) is 11.1. The van der Waals surface area contributed by atoms with Crippen molar-refractivity contribution in [2.24, 2.45) is 0 Å². The Kier molecular flexibility index (Phi) is 2.49. The molecule has 0 radical (unpaired) electrons. The predicted octanol–water partition coefficient (Wildman–Crippen LogP) is 2.70. The molecule has 1 aromatic carbocycles. The van der Waals surface area contributed by atoms with Gasteiger partial charge in [0.05, 0.1) is 22.8 Å². The molecule has 84 valence electrons. The molecule has 0 fully saturated rings. The van der Waals surface area contributed by atoms with Crippen molar-refractivity contribution < 1.29 is 13.2 Å². The van der Waals surface area contributed by atoms with Gasteiger partial charge in [-0.05, 0) is 12.1 Å². The molecule has 1 N–H and O–H groups in total. The lowest BCUT2D eigenvalue weighted by Crippen LogP contribution is -2.14. The molecule has 0 saturated carbocycles. The Morgan fingerprint density at radius 2 is 2.00 bits per heavy atom. The van der Waals surface area contributed by atoms with Gasteiger partial charge in [0.1, 0.15) is 0 Å². The molecular weight excluding hydrogens is 289 g/mol. The zero-order valence-electron chi connectivity index (χ0n) is 7.60. The van der Waals surface area contributed by atoms with E-state index in [0.717, 1.165) is 12.4 Å². The fourth-order valence-corrected chi connectivity index (χ4v) is 1.83. The molecule has 1 aromatic heterocycles. The molecule has 0 aliphatic carbocycles. The summed E-state index contributed by atoms with van der Waals surface area (Å²) in [6.07, 6.45) is -3.52. The van der Waals surface area contributed by atoms with E-state index < -0.39 is 22.7 Å². The van der Waals surface area contributed by atoms with Gasteiger partial charge in [-0.1, -0.05) is 15.9 Å². The van der Waals surface area contributed by atoms with E-state index in [1.54, 1.807) is 0 Å². The Bertz CT molecular complexity index is 606. The Labute approximate surface area is 95.4 Å². The fourth-order valence-electron chi connectivity index (χ4n) is 1.39. The van der Waals surface area contributed by atoms with Gasteiger partial charge in [0.2, 0.25) is 0 Å². The van der Waals surface area contributed by atoms with Crippen LogP contribution in [0.15, 0.2) is 27.7 Å². The van der Waals surface area contributed by atoms with Crippen LogP contribution in [0, 0.1) is 0 Å². The lowest BCUT2D eigenvalue weighted by Gasteiger charge is -2.09. The summed E-state index contributed by atoms with van der Waals surface area (Å²) in [5.74, 6) is 0. The molecule has 0 atom stereocenters. The minimum atomic E-state index is -4.59. The molecule has 0 unspecified atom stereocenters. The third-order valence-corrected chi connectivity index (χ3v) is 2.47. The maximum absolute atomic E-state index is 12.7. The number of aromatic amines is 1. The Balaban J connectivity index is 2.97. The minimum absolute atomic E-state index is 0.00505.